The van der Waals surface area contributed by atoms with Crippen molar-refractivity contribution in [3.63, 3.8) is 0 Å². The van der Waals surface area contributed by atoms with Crippen LogP contribution in [-0.2, 0) is 21.5 Å². The van der Waals surface area contributed by atoms with Crippen LogP contribution in [-0.4, -0.2) is 77.4 Å². The second kappa shape index (κ2) is 17.6. The fourth-order valence-corrected chi connectivity index (χ4v) is 5.31. The molecule has 2 heterocycles. The molecule has 0 fully saturated rings. The van der Waals surface area contributed by atoms with E-state index in [1.807, 2.05) is 30.3 Å². The number of nitrogens with zero attached hydrogens (tertiary/aromatic N) is 6. The number of rotatable bonds is 9. The van der Waals surface area contributed by atoms with E-state index in [9.17, 15) is 34.8 Å². The normalized spacial score (nSPS) is 10.8. The van der Waals surface area contributed by atoms with Gasteiger partial charge in [0.25, 0.3) is 0 Å². The Morgan fingerprint density at radius 2 is 1.06 bits per heavy atom. The van der Waals surface area contributed by atoms with Crippen molar-refractivity contribution in [3.8, 4) is 23.1 Å². The first-order valence-corrected chi connectivity index (χ1v) is 16.0. The van der Waals surface area contributed by atoms with Crippen LogP contribution in [0.2, 0.25) is 0 Å². The van der Waals surface area contributed by atoms with Crippen molar-refractivity contribution in [3.05, 3.63) is 142 Å². The maximum atomic E-state index is 12.1. The summed E-state index contributed by atoms with van der Waals surface area (Å²) in [4.78, 5) is 43.5. The summed E-state index contributed by atoms with van der Waals surface area (Å²) in [6, 6.07) is 27.9. The number of aromatic carboxylic acids is 2. The Bertz CT molecular complexity index is 2370. The van der Waals surface area contributed by atoms with Crippen molar-refractivity contribution in [1.82, 2.24) is 19.6 Å². The van der Waals surface area contributed by atoms with Gasteiger partial charge < -0.3 is 25.2 Å². The molecule has 14 nitrogen and oxygen atoms in total. The first-order valence-electron chi connectivity index (χ1n) is 16.0. The molecule has 15 heteroatoms. The predicted octanol–water partition coefficient (Wildman–Crippen LogP) is 6.76. The summed E-state index contributed by atoms with van der Waals surface area (Å²) >= 11 is 0. The molecule has 4 aromatic carbocycles. The third kappa shape index (κ3) is 8.60. The van der Waals surface area contributed by atoms with E-state index < -0.39 is 17.9 Å². The summed E-state index contributed by atoms with van der Waals surface area (Å²) in [7, 11) is 1.20. The average molecular weight is 774 g/mol. The van der Waals surface area contributed by atoms with Crippen molar-refractivity contribution in [1.29, 1.82) is 0 Å². The van der Waals surface area contributed by atoms with Gasteiger partial charge in [-0.25, -0.2) is 19.1 Å². The number of ether oxygens (including phenoxy) is 1. The van der Waals surface area contributed by atoms with Gasteiger partial charge in [-0.05, 0) is 68.3 Å². The summed E-state index contributed by atoms with van der Waals surface area (Å²) < 4.78 is 7.34. The zero-order valence-corrected chi connectivity index (χ0v) is 30.4. The number of carboxylic acid groups (broad SMARTS) is 2. The average Bonchev–Trinajstić information content (AvgIpc) is 3.63. The Kier molecular flexibility index (Phi) is 13.0. The van der Waals surface area contributed by atoms with Gasteiger partial charge in [0.05, 0.1) is 57.8 Å². The van der Waals surface area contributed by atoms with Gasteiger partial charge in [0.2, 0.25) is 11.8 Å². The molecule has 54 heavy (non-hydrogen) atoms. The van der Waals surface area contributed by atoms with Crippen molar-refractivity contribution >= 4 is 41.7 Å². The van der Waals surface area contributed by atoms with Crippen LogP contribution in [0.5, 0.6) is 11.8 Å². The molecular weight excluding hydrogens is 739 g/mol. The number of carbonyl (C=O) groups excluding carboxylic acids is 1. The second-order valence-electron chi connectivity index (χ2n) is 11.5. The molecule has 0 saturated heterocycles. The van der Waals surface area contributed by atoms with Gasteiger partial charge in [-0.15, -0.1) is 0 Å². The van der Waals surface area contributed by atoms with Gasteiger partial charge in [-0.1, -0.05) is 60.7 Å². The summed E-state index contributed by atoms with van der Waals surface area (Å²) in [6.07, 6.45) is 2.65. The van der Waals surface area contributed by atoms with E-state index in [0.29, 0.717) is 33.8 Å². The number of carboxylic acids is 2. The molecule has 0 aliphatic heterocycles. The van der Waals surface area contributed by atoms with Crippen LogP contribution in [0.1, 0.15) is 59.2 Å². The second-order valence-corrected chi connectivity index (χ2v) is 11.5. The number of hydrogen-bond donors (Lipinski definition) is 4. The molecule has 2 aromatic heterocycles. The van der Waals surface area contributed by atoms with E-state index in [4.69, 9.17) is 4.74 Å². The van der Waals surface area contributed by atoms with E-state index in [2.05, 4.69) is 20.2 Å². The minimum absolute atomic E-state index is 0. The van der Waals surface area contributed by atoms with E-state index in [1.54, 1.807) is 81.4 Å². The van der Waals surface area contributed by atoms with Crippen LogP contribution in [0.4, 0.5) is 11.4 Å². The Morgan fingerprint density at radius 1 is 0.630 bits per heavy atom. The molecule has 4 N–H and O–H groups in total. The number of carbonyl (C=O) groups is 3. The van der Waals surface area contributed by atoms with Crippen LogP contribution in [0.15, 0.2) is 107 Å². The van der Waals surface area contributed by atoms with Crippen LogP contribution in [0.25, 0.3) is 11.4 Å². The maximum Gasteiger partial charge on any atom is 0.359 e. The van der Waals surface area contributed by atoms with Gasteiger partial charge in [-0.2, -0.15) is 14.9 Å². The quantitative estimate of drug-likeness (QED) is 0.0898. The summed E-state index contributed by atoms with van der Waals surface area (Å²) in [5.74, 6) is -3.28. The first-order chi connectivity index (χ1) is 25.4. The largest absolute Gasteiger partial charge is 0.493 e. The number of esters is 1. The number of aromatic hydroxyl groups is 2. The first kappa shape index (κ1) is 39.9. The molecule has 6 rings (SSSR count). The molecular formula is C39H34CoN6O8. The van der Waals surface area contributed by atoms with Crippen molar-refractivity contribution in [2.24, 2.45) is 9.98 Å². The number of aryl methyl sites for hydroxylation is 3. The molecule has 0 aliphatic carbocycles. The van der Waals surface area contributed by atoms with E-state index in [1.165, 1.54) is 35.0 Å². The van der Waals surface area contributed by atoms with Crippen LogP contribution >= 0.6 is 0 Å². The molecule has 6 aromatic rings. The smallest absolute Gasteiger partial charge is 0.359 e. The monoisotopic (exact) mass is 773 g/mol. The number of benzene rings is 4. The third-order valence-electron chi connectivity index (χ3n) is 7.95. The van der Waals surface area contributed by atoms with E-state index >= 15 is 0 Å². The number of aromatic nitrogens is 4. The van der Waals surface area contributed by atoms with Crippen LogP contribution in [0.3, 0.4) is 0 Å². The van der Waals surface area contributed by atoms with Gasteiger partial charge >= 0.3 is 17.9 Å². The molecule has 277 valence electrons. The minimum Gasteiger partial charge on any atom is -0.493 e. The number of hydrogen-bond acceptors (Lipinski definition) is 10. The third-order valence-corrected chi connectivity index (χ3v) is 7.95. The van der Waals surface area contributed by atoms with Gasteiger partial charge in [0, 0.05) is 29.2 Å². The molecule has 0 bridgehead atoms. The Hall–Kier alpha value is -6.84. The molecule has 0 unspecified atom stereocenters. The molecule has 0 amide bonds. The van der Waals surface area contributed by atoms with Crippen LogP contribution < -0.4 is 0 Å². The molecule has 1 radical (unpaired) electrons. The number of para-hydroxylation sites is 2. The molecule has 0 saturated carbocycles. The maximum absolute atomic E-state index is 12.1. The molecule has 0 aliphatic rings. The van der Waals surface area contributed by atoms with Gasteiger partial charge in [0.15, 0.2) is 5.69 Å². The summed E-state index contributed by atoms with van der Waals surface area (Å²) in [5, 5.41) is 48.3. The predicted molar refractivity (Wildman–Crippen MR) is 197 cm³/mol. The summed E-state index contributed by atoms with van der Waals surface area (Å²) in [5.41, 5.74) is 4.05. The SMILES string of the molecule is COC(=O)c1nn(-c2ccccc2)c(O)c1C=Nc1cccc(C)c1C(=O)O.Cc1cccc(N=Cc2c(C)nn(-c3ccccc3)c2O)c1C(=O)O.[Co]. The zero-order chi connectivity index (χ0) is 38.2. The van der Waals surface area contributed by atoms with Crippen molar-refractivity contribution in [2.45, 2.75) is 20.8 Å². The van der Waals surface area contributed by atoms with Gasteiger partial charge in [0.1, 0.15) is 0 Å². The zero-order valence-electron chi connectivity index (χ0n) is 29.3. The number of methoxy groups -OCH3 is 1. The molecule has 0 atom stereocenters. The minimum atomic E-state index is -1.12. The van der Waals surface area contributed by atoms with Crippen molar-refractivity contribution in [2.75, 3.05) is 7.11 Å². The van der Waals surface area contributed by atoms with E-state index in [-0.39, 0.29) is 56.6 Å². The number of aliphatic imine (C=N–C) groups is 2. The standard InChI is InChI=1S/C20H17N3O5.C19H17N3O3.Co/c1-12-7-6-10-15(16(12)19(25)26)21-11-14-17(20(27)28-2)22-23(18(14)24)13-8-4-3-5-9-13;1-12-7-6-10-16(17(12)19(24)25)20-11-15-13(2)21-22(18(15)23)14-8-4-3-5-9-14;/h3-11,24H,1-2H3,(H,25,26);3-11,23H,1-2H3,(H,24,25);. The fourth-order valence-electron chi connectivity index (χ4n) is 5.31. The Morgan fingerprint density at radius 3 is 1.50 bits per heavy atom. The van der Waals surface area contributed by atoms with Crippen molar-refractivity contribution < 1.29 is 56.3 Å². The molecule has 0 spiro atoms. The van der Waals surface area contributed by atoms with Gasteiger partial charge in [-0.3, -0.25) is 9.98 Å². The van der Waals surface area contributed by atoms with Crippen LogP contribution in [0, 0.1) is 20.8 Å². The Labute approximate surface area is 319 Å². The fraction of sp³-hybridized carbons (Fsp3) is 0.103. The Balaban J connectivity index is 0.000000238. The topological polar surface area (TPSA) is 202 Å². The van der Waals surface area contributed by atoms with E-state index in [0.717, 1.165) is 5.69 Å². The summed E-state index contributed by atoms with van der Waals surface area (Å²) in [6.45, 7) is 5.14.